The lowest BCUT2D eigenvalue weighted by molar-refractivity contribution is 0.0926. The highest BCUT2D eigenvalue weighted by Gasteiger charge is 2.37. The monoisotopic (exact) mass is 668 g/mol. The van der Waals surface area contributed by atoms with Crippen molar-refractivity contribution in [3.8, 4) is 17.4 Å². The van der Waals surface area contributed by atoms with E-state index in [-0.39, 0.29) is 11.3 Å². The number of anilines is 1. The summed E-state index contributed by atoms with van der Waals surface area (Å²) < 4.78 is 10.6. The summed E-state index contributed by atoms with van der Waals surface area (Å²) in [5, 5.41) is 16.7. The number of aromatic nitrogens is 2. The fourth-order valence-electron chi connectivity index (χ4n) is 8.19. The number of hydrogen-bond acceptors (Lipinski definition) is 4. The van der Waals surface area contributed by atoms with Crippen LogP contribution in [0.5, 0.6) is 0 Å². The Hall–Kier alpha value is -7.43. The number of benzene rings is 7. The van der Waals surface area contributed by atoms with Crippen LogP contribution >= 0.6 is 0 Å². The number of amides is 2. The summed E-state index contributed by atoms with van der Waals surface area (Å²) in [4.78, 5) is 28.4. The van der Waals surface area contributed by atoms with E-state index in [1.807, 2.05) is 42.5 Å². The molecule has 52 heavy (non-hydrogen) atoms. The largest absolute Gasteiger partial charge is 0.456 e. The minimum Gasteiger partial charge on any atom is -0.456 e. The average Bonchev–Trinajstić information content (AvgIpc) is 3.90. The van der Waals surface area contributed by atoms with Crippen molar-refractivity contribution in [3.63, 3.8) is 0 Å². The molecule has 7 heteroatoms. The van der Waals surface area contributed by atoms with Gasteiger partial charge in [-0.2, -0.15) is 5.26 Å². The van der Waals surface area contributed by atoms with E-state index in [0.29, 0.717) is 11.1 Å². The molecule has 7 nitrogen and oxygen atoms in total. The molecule has 0 saturated carbocycles. The Bertz CT molecular complexity index is 3230. The van der Waals surface area contributed by atoms with Crippen molar-refractivity contribution < 1.29 is 14.0 Å². The Morgan fingerprint density at radius 2 is 1.00 bits per heavy atom. The standard InChI is InChI=1S/C45H24N4O3/c46-25-26-17-18-28(22-39(26)49-44(50)32-12-1-2-13-33(32)45(49)51)48-38-15-7-4-10-30(38)35-23-34-29-9-3-6-14-37(29)47(40(34)24-41(35)48)27-19-20-43-36(21-27)31-11-5-8-16-42(31)52-43/h1-24H. The molecule has 0 atom stereocenters. The molecular weight excluding hydrogens is 645 g/mol. The maximum absolute atomic E-state index is 13.6. The van der Waals surface area contributed by atoms with E-state index in [1.54, 1.807) is 36.4 Å². The summed E-state index contributed by atoms with van der Waals surface area (Å²) >= 11 is 0. The van der Waals surface area contributed by atoms with Gasteiger partial charge in [-0.3, -0.25) is 9.59 Å². The van der Waals surface area contributed by atoms with Gasteiger partial charge in [-0.1, -0.05) is 66.7 Å². The Labute approximate surface area is 295 Å². The van der Waals surface area contributed by atoms with Gasteiger partial charge in [0.2, 0.25) is 0 Å². The molecule has 0 unspecified atom stereocenters. The molecule has 0 spiro atoms. The second kappa shape index (κ2) is 10.3. The number of fused-ring (bicyclic) bond motifs is 10. The van der Waals surface area contributed by atoms with Gasteiger partial charge in [0.15, 0.2) is 0 Å². The fourth-order valence-corrected chi connectivity index (χ4v) is 8.19. The van der Waals surface area contributed by atoms with E-state index in [9.17, 15) is 14.9 Å². The lowest BCUT2D eigenvalue weighted by atomic mass is 10.1. The van der Waals surface area contributed by atoms with E-state index in [0.717, 1.165) is 81.8 Å². The van der Waals surface area contributed by atoms with Crippen molar-refractivity contribution in [1.82, 2.24) is 9.13 Å². The quantitative estimate of drug-likeness (QED) is 0.175. The van der Waals surface area contributed by atoms with E-state index in [4.69, 9.17) is 4.42 Å². The number of furan rings is 1. The first kappa shape index (κ1) is 28.4. The van der Waals surface area contributed by atoms with Crippen LogP contribution in [0.2, 0.25) is 0 Å². The predicted octanol–water partition coefficient (Wildman–Crippen LogP) is 10.5. The van der Waals surface area contributed by atoms with Crippen LogP contribution in [0.25, 0.3) is 76.9 Å². The zero-order chi connectivity index (χ0) is 34.7. The first-order chi connectivity index (χ1) is 25.6. The SMILES string of the molecule is N#Cc1ccc(-n2c3ccccc3c3cc4c5ccccc5n(-c5ccc6oc7ccccc7c6c5)c4cc32)cc1N1C(=O)c2ccccc2C1=O. The van der Waals surface area contributed by atoms with Crippen LogP contribution in [0.1, 0.15) is 26.3 Å². The van der Waals surface area contributed by atoms with E-state index < -0.39 is 11.8 Å². The molecule has 7 aromatic carbocycles. The third-order valence-corrected chi connectivity index (χ3v) is 10.5. The summed E-state index contributed by atoms with van der Waals surface area (Å²) in [6.07, 6.45) is 0. The second-order valence-electron chi connectivity index (χ2n) is 13.2. The minimum atomic E-state index is -0.440. The van der Waals surface area contributed by atoms with Crippen molar-refractivity contribution >= 4 is 83.1 Å². The molecule has 0 N–H and O–H groups in total. The Morgan fingerprint density at radius 1 is 0.462 bits per heavy atom. The number of nitriles is 1. The molecule has 1 aliphatic heterocycles. The van der Waals surface area contributed by atoms with E-state index >= 15 is 0 Å². The van der Waals surface area contributed by atoms with Crippen LogP contribution in [0.3, 0.4) is 0 Å². The third kappa shape index (κ3) is 3.72. The summed E-state index contributed by atoms with van der Waals surface area (Å²) in [6.45, 7) is 0. The first-order valence-electron chi connectivity index (χ1n) is 17.0. The van der Waals surface area contributed by atoms with Gasteiger partial charge in [0.25, 0.3) is 11.8 Å². The highest BCUT2D eigenvalue weighted by molar-refractivity contribution is 6.35. The molecule has 4 heterocycles. The van der Waals surface area contributed by atoms with Gasteiger partial charge < -0.3 is 13.6 Å². The van der Waals surface area contributed by atoms with Crippen LogP contribution in [0, 0.1) is 11.3 Å². The molecule has 0 bridgehead atoms. The number of para-hydroxylation sites is 3. The summed E-state index contributed by atoms with van der Waals surface area (Å²) in [5.41, 5.74) is 8.61. The van der Waals surface area contributed by atoms with Crippen molar-refractivity contribution in [2.24, 2.45) is 0 Å². The zero-order valence-electron chi connectivity index (χ0n) is 27.4. The molecule has 11 rings (SSSR count). The predicted molar refractivity (Wildman–Crippen MR) is 205 cm³/mol. The van der Waals surface area contributed by atoms with Crippen LogP contribution in [-0.2, 0) is 0 Å². The van der Waals surface area contributed by atoms with Crippen molar-refractivity contribution in [1.29, 1.82) is 5.26 Å². The lowest BCUT2D eigenvalue weighted by Gasteiger charge is -2.18. The molecule has 1 aliphatic rings. The summed E-state index contributed by atoms with van der Waals surface area (Å²) in [6, 6.07) is 50.0. The average molecular weight is 669 g/mol. The first-order valence-corrected chi connectivity index (χ1v) is 17.0. The molecule has 10 aromatic rings. The Kier molecular flexibility index (Phi) is 5.63. The highest BCUT2D eigenvalue weighted by atomic mass is 16.3. The number of carbonyl (C=O) groups is 2. The molecule has 3 aromatic heterocycles. The van der Waals surface area contributed by atoms with Crippen molar-refractivity contribution in [3.05, 3.63) is 162 Å². The molecule has 0 saturated heterocycles. The molecule has 0 fully saturated rings. The van der Waals surface area contributed by atoms with Crippen LogP contribution < -0.4 is 4.90 Å². The highest BCUT2D eigenvalue weighted by Crippen LogP contribution is 2.41. The molecule has 0 radical (unpaired) electrons. The minimum absolute atomic E-state index is 0.240. The number of nitrogens with zero attached hydrogens (tertiary/aromatic N) is 4. The van der Waals surface area contributed by atoms with Gasteiger partial charge in [-0.15, -0.1) is 0 Å². The van der Waals surface area contributed by atoms with Gasteiger partial charge in [-0.25, -0.2) is 4.90 Å². The number of carbonyl (C=O) groups excluding carboxylic acids is 2. The second-order valence-corrected chi connectivity index (χ2v) is 13.2. The number of rotatable bonds is 3. The van der Waals surface area contributed by atoms with E-state index in [1.165, 1.54) is 0 Å². The molecule has 242 valence electrons. The smallest absolute Gasteiger partial charge is 0.266 e. The summed E-state index contributed by atoms with van der Waals surface area (Å²) in [7, 11) is 0. The molecule has 0 aliphatic carbocycles. The lowest BCUT2D eigenvalue weighted by Crippen LogP contribution is -2.30. The van der Waals surface area contributed by atoms with Gasteiger partial charge in [-0.05, 0) is 78.9 Å². The van der Waals surface area contributed by atoms with E-state index in [2.05, 4.69) is 81.9 Å². The normalized spacial score (nSPS) is 13.0. The third-order valence-electron chi connectivity index (χ3n) is 10.5. The van der Waals surface area contributed by atoms with Gasteiger partial charge >= 0.3 is 0 Å². The van der Waals surface area contributed by atoms with Crippen LogP contribution in [0.15, 0.2) is 150 Å². The number of imide groups is 1. The maximum atomic E-state index is 13.6. The van der Waals surface area contributed by atoms with Crippen LogP contribution in [-0.4, -0.2) is 20.9 Å². The Morgan fingerprint density at radius 3 is 1.65 bits per heavy atom. The maximum Gasteiger partial charge on any atom is 0.266 e. The van der Waals surface area contributed by atoms with Crippen molar-refractivity contribution in [2.45, 2.75) is 0 Å². The van der Waals surface area contributed by atoms with Crippen LogP contribution in [0.4, 0.5) is 5.69 Å². The van der Waals surface area contributed by atoms with Gasteiger partial charge in [0.1, 0.15) is 17.2 Å². The van der Waals surface area contributed by atoms with Gasteiger partial charge in [0.05, 0.1) is 44.4 Å². The Balaban J connectivity index is 1.19. The molecular formula is C45H24N4O3. The topological polar surface area (TPSA) is 84.2 Å². The summed E-state index contributed by atoms with van der Waals surface area (Å²) in [5.74, 6) is -0.880. The number of hydrogen-bond donors (Lipinski definition) is 0. The molecule has 2 amide bonds. The fraction of sp³-hybridized carbons (Fsp3) is 0. The van der Waals surface area contributed by atoms with Crippen molar-refractivity contribution in [2.75, 3.05) is 4.90 Å². The van der Waals surface area contributed by atoms with Gasteiger partial charge in [0, 0.05) is 43.7 Å². The zero-order valence-corrected chi connectivity index (χ0v) is 27.4.